The Bertz CT molecular complexity index is 2070. The molecule has 5 heteroatoms. The predicted molar refractivity (Wildman–Crippen MR) is 198 cm³/mol. The van der Waals surface area contributed by atoms with Gasteiger partial charge >= 0.3 is 37.9 Å². The van der Waals surface area contributed by atoms with E-state index in [4.69, 9.17) is 17.0 Å². The van der Waals surface area contributed by atoms with Crippen molar-refractivity contribution in [1.29, 1.82) is 0 Å². The molecule has 2 aliphatic rings. The summed E-state index contributed by atoms with van der Waals surface area (Å²) in [5, 5.41) is 18.4. The zero-order valence-electron chi connectivity index (χ0n) is 24.9. The minimum atomic E-state index is -0.826. The minimum Gasteiger partial charge on any atom is -0.157 e. The van der Waals surface area contributed by atoms with Crippen LogP contribution in [0.15, 0.2) is 121 Å². The molecule has 2 aromatic heterocycles. The van der Waals surface area contributed by atoms with E-state index in [1.807, 2.05) is 0 Å². The fourth-order valence-corrected chi connectivity index (χ4v) is 13.8. The molecule has 0 bridgehead atoms. The zero-order chi connectivity index (χ0) is 30.3. The molecule has 0 amide bonds. The van der Waals surface area contributed by atoms with Crippen molar-refractivity contribution in [1.82, 2.24) is 0 Å². The van der Waals surface area contributed by atoms with E-state index in [-0.39, 0.29) is 15.1 Å². The second-order valence-electron chi connectivity index (χ2n) is 12.0. The van der Waals surface area contributed by atoms with Crippen LogP contribution in [0.5, 0.6) is 0 Å². The van der Waals surface area contributed by atoms with Crippen LogP contribution < -0.4 is 0 Å². The normalized spacial score (nSPS) is 14.2. The van der Waals surface area contributed by atoms with Crippen molar-refractivity contribution in [3.63, 3.8) is 0 Å². The summed E-state index contributed by atoms with van der Waals surface area (Å²) in [4.78, 5) is 0. The number of hydrogen-bond acceptors (Lipinski definition) is 0. The first-order valence-electron chi connectivity index (χ1n) is 15.8. The Morgan fingerprint density at radius 2 is 0.911 bits per heavy atom. The molecular formula is C40H32Cl2P2Zr. The first-order valence-corrected chi connectivity index (χ1v) is 24.8. The maximum atomic E-state index is 4.93. The van der Waals surface area contributed by atoms with Crippen LogP contribution in [0.25, 0.3) is 53.2 Å². The van der Waals surface area contributed by atoms with Gasteiger partial charge in [-0.05, 0) is 71.0 Å². The average Bonchev–Trinajstić information content (AvgIpc) is 3.91. The van der Waals surface area contributed by atoms with Crippen LogP contribution >= 0.6 is 32.1 Å². The summed E-state index contributed by atoms with van der Waals surface area (Å²) in [5.74, 6) is 0. The zero-order valence-corrected chi connectivity index (χ0v) is 30.7. The second-order valence-corrected chi connectivity index (χ2v) is 20.2. The van der Waals surface area contributed by atoms with Gasteiger partial charge in [0.1, 0.15) is 0 Å². The maximum absolute atomic E-state index is 4.93. The van der Waals surface area contributed by atoms with E-state index in [1.54, 1.807) is 53.3 Å². The van der Waals surface area contributed by atoms with Crippen molar-refractivity contribution in [2.24, 2.45) is 0 Å². The Hall–Kier alpha value is -2.36. The smallest absolute Gasteiger partial charge is 0.00467 e. The number of fused-ring (bicyclic) bond motifs is 8. The minimum absolute atomic E-state index is 0.264. The molecule has 0 saturated heterocycles. The van der Waals surface area contributed by atoms with E-state index in [1.165, 1.54) is 60.1 Å². The van der Waals surface area contributed by atoms with Gasteiger partial charge in [-0.25, -0.2) is 0 Å². The van der Waals surface area contributed by atoms with Gasteiger partial charge in [0, 0.05) is 10.2 Å². The molecule has 6 aromatic carbocycles. The molecule has 0 N–H and O–H groups in total. The van der Waals surface area contributed by atoms with Crippen LogP contribution in [0, 0.1) is 0 Å². The molecule has 0 nitrogen and oxygen atoms in total. The summed E-state index contributed by atoms with van der Waals surface area (Å²) in [5.41, 5.74) is 3.34. The molecule has 0 saturated carbocycles. The molecule has 2 atom stereocenters. The third kappa shape index (κ3) is 5.44. The van der Waals surface area contributed by atoms with Crippen molar-refractivity contribution in [2.45, 2.75) is 38.5 Å². The topological polar surface area (TPSA) is 0 Å². The fraction of sp³-hybridized carbons (Fsp3) is 0.150. The Labute approximate surface area is 285 Å². The predicted octanol–water partition coefficient (Wildman–Crippen LogP) is 13.7. The molecule has 2 heterocycles. The monoisotopic (exact) mass is 734 g/mol. The van der Waals surface area contributed by atoms with Gasteiger partial charge in [0.15, 0.2) is 0 Å². The molecule has 2 aliphatic carbocycles. The number of halogens is 2. The van der Waals surface area contributed by atoms with E-state index in [2.05, 4.69) is 121 Å². The van der Waals surface area contributed by atoms with Crippen LogP contribution in [0.3, 0.4) is 0 Å². The van der Waals surface area contributed by atoms with E-state index in [9.17, 15) is 0 Å². The third-order valence-electron chi connectivity index (χ3n) is 9.58. The number of hydrogen-bond donors (Lipinski definition) is 0. The largest absolute Gasteiger partial charge is 0.157 e. The van der Waals surface area contributed by atoms with Crippen molar-refractivity contribution in [3.8, 4) is 10.6 Å². The standard InChI is InChI=1S/2C20H16P.2ClH.Zr/c2*1-2-7-15-13-16(12-14(15)6-1)21-19-10-4-3-8-17(19)18-9-5-11-20(18)21;;;/h2*1-4,6-8,10,12-13H,5,9,11H2;2*1H;/q2*-1;;;+4/p-2. The molecular weight excluding hydrogens is 705 g/mol. The number of benzene rings is 4. The summed E-state index contributed by atoms with van der Waals surface area (Å²) in [6.45, 7) is 0. The quantitative estimate of drug-likeness (QED) is 0.155. The van der Waals surface area contributed by atoms with Crippen LogP contribution in [-0.2, 0) is 46.5 Å². The maximum Gasteiger partial charge on any atom is 0.00467 e. The average molecular weight is 737 g/mol. The van der Waals surface area contributed by atoms with Crippen molar-refractivity contribution >= 4 is 74.6 Å². The Morgan fingerprint density at radius 3 is 1.36 bits per heavy atom. The van der Waals surface area contributed by atoms with Crippen molar-refractivity contribution < 1.29 is 20.8 Å². The summed E-state index contributed by atoms with van der Waals surface area (Å²) < 4.78 is 0. The third-order valence-corrected chi connectivity index (χ3v) is 14.9. The van der Waals surface area contributed by atoms with Crippen LogP contribution in [0.4, 0.5) is 0 Å². The number of aryl methyl sites for hydroxylation is 2. The molecule has 0 fully saturated rings. The van der Waals surface area contributed by atoms with E-state index in [0.717, 1.165) is 0 Å². The molecule has 8 aromatic rings. The molecule has 10 rings (SSSR count). The number of rotatable bonds is 2. The first-order chi connectivity index (χ1) is 22.2. The van der Waals surface area contributed by atoms with E-state index < -0.39 is 20.8 Å². The van der Waals surface area contributed by atoms with Gasteiger partial charge in [0.25, 0.3) is 0 Å². The fourth-order valence-electron chi connectivity index (χ4n) is 7.78. The summed E-state index contributed by atoms with van der Waals surface area (Å²) >= 11 is -0.826. The first kappa shape index (κ1) is 30.0. The van der Waals surface area contributed by atoms with E-state index >= 15 is 0 Å². The van der Waals surface area contributed by atoms with Crippen LogP contribution in [0.1, 0.15) is 34.6 Å². The van der Waals surface area contributed by atoms with E-state index in [0.29, 0.717) is 0 Å². The van der Waals surface area contributed by atoms with Gasteiger partial charge in [-0.3, -0.25) is 0 Å². The van der Waals surface area contributed by atoms with Gasteiger partial charge in [0.2, 0.25) is 0 Å². The second kappa shape index (κ2) is 13.0. The van der Waals surface area contributed by atoms with Gasteiger partial charge in [-0.15, -0.1) is 85.1 Å². The molecule has 0 spiro atoms. The summed E-state index contributed by atoms with van der Waals surface area (Å²) in [6.07, 6.45) is 7.86. The molecule has 2 unspecified atom stereocenters. The van der Waals surface area contributed by atoms with Gasteiger partial charge in [-0.1, -0.05) is 71.3 Å². The molecule has 45 heavy (non-hydrogen) atoms. The molecule has 220 valence electrons. The van der Waals surface area contributed by atoms with Crippen molar-refractivity contribution in [3.05, 3.63) is 143 Å². The SMILES string of the molecule is [Cl][Zr+2][Cl].c1ccc2[cH-]c(-p3c4c(c5ccccc53)CCC4)cc2c1.c1ccc2[cH-]c(-p3c4c(c5ccccc53)CCC4)cc2c1. The van der Waals surface area contributed by atoms with Gasteiger partial charge in [-0.2, -0.15) is 12.1 Å². The Kier molecular flexibility index (Phi) is 8.69. The van der Waals surface area contributed by atoms with Crippen molar-refractivity contribution in [2.75, 3.05) is 0 Å². The van der Waals surface area contributed by atoms with Gasteiger partial charge < -0.3 is 0 Å². The molecule has 0 aliphatic heterocycles. The summed E-state index contributed by atoms with van der Waals surface area (Å²) in [6, 6.07) is 45.4. The van der Waals surface area contributed by atoms with Crippen LogP contribution in [-0.4, -0.2) is 0 Å². The summed E-state index contributed by atoms with van der Waals surface area (Å²) in [7, 11) is 9.34. The Balaban J connectivity index is 0.000000123. The van der Waals surface area contributed by atoms with Crippen LogP contribution in [0.2, 0.25) is 0 Å². The Morgan fingerprint density at radius 1 is 0.511 bits per heavy atom. The molecule has 0 radical (unpaired) electrons. The van der Waals surface area contributed by atoms with Gasteiger partial charge in [0.05, 0.1) is 0 Å².